The largest absolute Gasteiger partial charge is 0.367 e. The van der Waals surface area contributed by atoms with Crippen LogP contribution in [-0.2, 0) is 10.3 Å². The molecule has 5 heteroatoms. The standard InChI is InChI=1S/C11H21N3O2/c1-5-11(6-2,15-8-4)9-13-10(12-7-3)16-14-9/h5-8H2,1-4H3,(H,12,13,14). The zero-order valence-electron chi connectivity index (χ0n) is 10.5. The third-order valence-corrected chi connectivity index (χ3v) is 2.72. The Labute approximate surface area is 96.6 Å². The molecule has 0 unspecified atom stereocenters. The Kier molecular flexibility index (Phi) is 4.73. The molecule has 1 rings (SSSR count). The lowest BCUT2D eigenvalue weighted by Gasteiger charge is -2.27. The summed E-state index contributed by atoms with van der Waals surface area (Å²) in [5.74, 6) is 0.635. The topological polar surface area (TPSA) is 60.2 Å². The lowest BCUT2D eigenvalue weighted by Crippen LogP contribution is -2.29. The predicted octanol–water partition coefficient (Wildman–Crippen LogP) is 2.55. The summed E-state index contributed by atoms with van der Waals surface area (Å²) >= 11 is 0. The number of nitrogens with zero attached hydrogens (tertiary/aromatic N) is 2. The number of aromatic nitrogens is 2. The lowest BCUT2D eigenvalue weighted by molar-refractivity contribution is -0.0583. The summed E-state index contributed by atoms with van der Waals surface area (Å²) in [7, 11) is 0. The average molecular weight is 227 g/mol. The fourth-order valence-electron chi connectivity index (χ4n) is 1.74. The molecule has 0 aromatic carbocycles. The number of ether oxygens (including phenoxy) is 1. The van der Waals surface area contributed by atoms with Crippen molar-refractivity contribution in [1.82, 2.24) is 10.1 Å². The lowest BCUT2D eigenvalue weighted by atomic mass is 9.96. The first-order chi connectivity index (χ1) is 7.72. The molecule has 0 aliphatic carbocycles. The maximum absolute atomic E-state index is 5.79. The van der Waals surface area contributed by atoms with Gasteiger partial charge in [-0.05, 0) is 26.7 Å². The first-order valence-electron chi connectivity index (χ1n) is 5.94. The van der Waals surface area contributed by atoms with E-state index in [1.807, 2.05) is 13.8 Å². The monoisotopic (exact) mass is 227 g/mol. The maximum Gasteiger partial charge on any atom is 0.321 e. The first-order valence-corrected chi connectivity index (χ1v) is 5.94. The molecule has 0 aliphatic rings. The molecular formula is C11H21N3O2. The smallest absolute Gasteiger partial charge is 0.321 e. The average Bonchev–Trinajstić information content (AvgIpc) is 2.76. The van der Waals surface area contributed by atoms with Gasteiger partial charge in [-0.1, -0.05) is 19.0 Å². The second-order valence-electron chi connectivity index (χ2n) is 3.59. The van der Waals surface area contributed by atoms with Crippen LogP contribution in [0.3, 0.4) is 0 Å². The molecule has 0 spiro atoms. The van der Waals surface area contributed by atoms with Crippen molar-refractivity contribution in [2.24, 2.45) is 0 Å². The number of nitrogens with one attached hydrogen (secondary N) is 1. The van der Waals surface area contributed by atoms with Crippen LogP contribution < -0.4 is 5.32 Å². The van der Waals surface area contributed by atoms with Gasteiger partial charge in [-0.2, -0.15) is 4.98 Å². The van der Waals surface area contributed by atoms with Crippen molar-refractivity contribution in [2.45, 2.75) is 46.1 Å². The first kappa shape index (κ1) is 13.0. The highest BCUT2D eigenvalue weighted by Gasteiger charge is 2.34. The Bertz CT molecular complexity index is 308. The molecule has 92 valence electrons. The summed E-state index contributed by atoms with van der Waals surface area (Å²) < 4.78 is 10.9. The minimum absolute atomic E-state index is 0.411. The van der Waals surface area contributed by atoms with Gasteiger partial charge in [0.15, 0.2) is 0 Å². The number of anilines is 1. The molecule has 5 nitrogen and oxygen atoms in total. The summed E-state index contributed by atoms with van der Waals surface area (Å²) in [5.41, 5.74) is -0.411. The molecule has 0 saturated carbocycles. The molecular weight excluding hydrogens is 206 g/mol. The third kappa shape index (κ3) is 2.52. The summed E-state index contributed by atoms with van der Waals surface area (Å²) in [6.07, 6.45) is 1.67. The van der Waals surface area contributed by atoms with Gasteiger partial charge < -0.3 is 14.6 Å². The molecule has 0 bridgehead atoms. The zero-order valence-corrected chi connectivity index (χ0v) is 10.5. The van der Waals surface area contributed by atoms with E-state index >= 15 is 0 Å². The van der Waals surface area contributed by atoms with E-state index in [1.54, 1.807) is 0 Å². The van der Waals surface area contributed by atoms with Crippen molar-refractivity contribution in [3.05, 3.63) is 5.82 Å². The molecule has 1 aromatic heterocycles. The van der Waals surface area contributed by atoms with Gasteiger partial charge in [0.25, 0.3) is 0 Å². The van der Waals surface area contributed by atoms with E-state index in [4.69, 9.17) is 9.26 Å². The van der Waals surface area contributed by atoms with Crippen molar-refractivity contribution < 1.29 is 9.26 Å². The van der Waals surface area contributed by atoms with E-state index in [2.05, 4.69) is 29.3 Å². The Morgan fingerprint density at radius 2 is 1.94 bits per heavy atom. The van der Waals surface area contributed by atoms with Crippen LogP contribution >= 0.6 is 0 Å². The van der Waals surface area contributed by atoms with E-state index in [9.17, 15) is 0 Å². The highest BCUT2D eigenvalue weighted by Crippen LogP contribution is 2.31. The van der Waals surface area contributed by atoms with Gasteiger partial charge in [-0.3, -0.25) is 0 Å². The van der Waals surface area contributed by atoms with Crippen LogP contribution in [0.1, 0.15) is 46.4 Å². The third-order valence-electron chi connectivity index (χ3n) is 2.72. The summed E-state index contributed by atoms with van der Waals surface area (Å²) in [6.45, 7) is 9.52. The Morgan fingerprint density at radius 1 is 1.25 bits per heavy atom. The van der Waals surface area contributed by atoms with Crippen LogP contribution in [0.2, 0.25) is 0 Å². The van der Waals surface area contributed by atoms with E-state index in [0.717, 1.165) is 19.4 Å². The minimum Gasteiger partial charge on any atom is -0.367 e. The van der Waals surface area contributed by atoms with Gasteiger partial charge in [0.05, 0.1) is 0 Å². The van der Waals surface area contributed by atoms with Gasteiger partial charge >= 0.3 is 6.01 Å². The summed E-state index contributed by atoms with van der Waals surface area (Å²) in [6, 6.07) is 0.462. The van der Waals surface area contributed by atoms with Gasteiger partial charge in [0, 0.05) is 13.2 Å². The molecule has 0 saturated heterocycles. The normalized spacial score (nSPS) is 11.8. The molecule has 0 radical (unpaired) electrons. The molecule has 0 fully saturated rings. The molecule has 1 N–H and O–H groups in total. The molecule has 1 aromatic rings. The molecule has 16 heavy (non-hydrogen) atoms. The summed E-state index contributed by atoms with van der Waals surface area (Å²) in [5, 5.41) is 6.99. The van der Waals surface area contributed by atoms with E-state index in [-0.39, 0.29) is 0 Å². The Hall–Kier alpha value is -1.10. The highest BCUT2D eigenvalue weighted by molar-refractivity contribution is 5.19. The van der Waals surface area contributed by atoms with Crippen molar-refractivity contribution in [2.75, 3.05) is 18.5 Å². The van der Waals surface area contributed by atoms with E-state index < -0.39 is 5.60 Å². The highest BCUT2D eigenvalue weighted by atomic mass is 16.5. The van der Waals surface area contributed by atoms with Gasteiger partial charge in [-0.25, -0.2) is 0 Å². The van der Waals surface area contributed by atoms with Crippen molar-refractivity contribution in [1.29, 1.82) is 0 Å². The number of rotatable bonds is 7. The molecule has 1 heterocycles. The van der Waals surface area contributed by atoms with E-state index in [1.165, 1.54) is 0 Å². The number of hydrogen-bond donors (Lipinski definition) is 1. The Balaban J connectivity index is 2.91. The maximum atomic E-state index is 5.79. The molecule has 0 amide bonds. The van der Waals surface area contributed by atoms with Crippen LogP contribution in [0.15, 0.2) is 4.52 Å². The van der Waals surface area contributed by atoms with Crippen LogP contribution in [-0.4, -0.2) is 23.3 Å². The Morgan fingerprint density at radius 3 is 2.44 bits per heavy atom. The van der Waals surface area contributed by atoms with Crippen molar-refractivity contribution in [3.63, 3.8) is 0 Å². The molecule has 0 aliphatic heterocycles. The summed E-state index contributed by atoms with van der Waals surface area (Å²) in [4.78, 5) is 4.32. The second-order valence-corrected chi connectivity index (χ2v) is 3.59. The predicted molar refractivity (Wildman–Crippen MR) is 62.3 cm³/mol. The van der Waals surface area contributed by atoms with Crippen LogP contribution in [0.25, 0.3) is 0 Å². The zero-order chi connectivity index (χ0) is 12.0. The fourth-order valence-corrected chi connectivity index (χ4v) is 1.74. The quantitative estimate of drug-likeness (QED) is 0.775. The molecule has 0 atom stereocenters. The fraction of sp³-hybridized carbons (Fsp3) is 0.818. The van der Waals surface area contributed by atoms with Crippen molar-refractivity contribution >= 4 is 6.01 Å². The van der Waals surface area contributed by atoms with Gasteiger partial charge in [-0.15, -0.1) is 0 Å². The second kappa shape index (κ2) is 5.84. The van der Waals surface area contributed by atoms with Crippen LogP contribution in [0.4, 0.5) is 6.01 Å². The SMILES string of the molecule is CCNc1nc(C(CC)(CC)OCC)no1. The van der Waals surface area contributed by atoms with Gasteiger partial charge in [0.1, 0.15) is 5.60 Å². The minimum atomic E-state index is -0.411. The van der Waals surface area contributed by atoms with Crippen LogP contribution in [0, 0.1) is 0 Å². The van der Waals surface area contributed by atoms with E-state index in [0.29, 0.717) is 18.4 Å². The number of hydrogen-bond acceptors (Lipinski definition) is 5. The van der Waals surface area contributed by atoms with Crippen LogP contribution in [0.5, 0.6) is 0 Å². The van der Waals surface area contributed by atoms with Crippen molar-refractivity contribution in [3.8, 4) is 0 Å². The van der Waals surface area contributed by atoms with Gasteiger partial charge in [0.2, 0.25) is 5.82 Å².